The van der Waals surface area contributed by atoms with E-state index < -0.39 is 5.41 Å². The Balaban J connectivity index is 0.000000320. The summed E-state index contributed by atoms with van der Waals surface area (Å²) in [6.45, 7) is 10.1. The highest BCUT2D eigenvalue weighted by Crippen LogP contribution is 2.32. The van der Waals surface area contributed by atoms with Gasteiger partial charge in [0.1, 0.15) is 0 Å². The van der Waals surface area contributed by atoms with Crippen LogP contribution in [0.4, 0.5) is 0 Å². The fourth-order valence-electron chi connectivity index (χ4n) is 4.52. The molecule has 0 heterocycles. The van der Waals surface area contributed by atoms with Crippen molar-refractivity contribution >= 4 is 0 Å². The molecule has 0 aromatic heterocycles. The van der Waals surface area contributed by atoms with E-state index in [-0.39, 0.29) is 11.5 Å². The minimum atomic E-state index is -0.395. The van der Waals surface area contributed by atoms with Gasteiger partial charge in [0.25, 0.3) is 0 Å². The van der Waals surface area contributed by atoms with E-state index in [2.05, 4.69) is 32.1 Å². The quantitative estimate of drug-likeness (QED) is 0.297. The van der Waals surface area contributed by atoms with Gasteiger partial charge in [0.2, 0.25) is 0 Å². The molecule has 6 nitrogen and oxygen atoms in total. The van der Waals surface area contributed by atoms with Crippen LogP contribution < -0.4 is 5.73 Å². The second kappa shape index (κ2) is 17.7. The summed E-state index contributed by atoms with van der Waals surface area (Å²) < 4.78 is 0. The second-order valence-corrected chi connectivity index (χ2v) is 10.0. The van der Waals surface area contributed by atoms with Gasteiger partial charge in [0.05, 0.1) is 58.7 Å². The second-order valence-electron chi connectivity index (χ2n) is 10.0. The highest BCUT2D eigenvalue weighted by atomic mass is 14.6. The summed E-state index contributed by atoms with van der Waals surface area (Å²) in [7, 11) is 0. The molecule has 0 aliphatic carbocycles. The van der Waals surface area contributed by atoms with Gasteiger partial charge in [0.15, 0.2) is 0 Å². The van der Waals surface area contributed by atoms with Crippen LogP contribution in [0.5, 0.6) is 0 Å². The molecular weight excluding hydrogens is 516 g/mol. The van der Waals surface area contributed by atoms with Crippen LogP contribution in [0.1, 0.15) is 99.7 Å². The topological polar surface area (TPSA) is 145 Å². The van der Waals surface area contributed by atoms with Crippen molar-refractivity contribution in [1.29, 1.82) is 26.3 Å². The Morgan fingerprint density at radius 2 is 0.952 bits per heavy atom. The molecule has 0 aliphatic rings. The first-order valence-corrected chi connectivity index (χ1v) is 14.2. The van der Waals surface area contributed by atoms with Gasteiger partial charge in [-0.2, -0.15) is 26.3 Å². The third-order valence-electron chi connectivity index (χ3n) is 7.76. The largest absolute Gasteiger partial charge is 0.324 e. The first-order valence-electron chi connectivity index (χ1n) is 14.2. The lowest BCUT2D eigenvalue weighted by atomic mass is 9.77. The Hall–Kier alpha value is -4.93. The molecular formula is C36H40N6. The highest BCUT2D eigenvalue weighted by Gasteiger charge is 2.28. The van der Waals surface area contributed by atoms with E-state index in [1.165, 1.54) is 0 Å². The summed E-state index contributed by atoms with van der Waals surface area (Å²) in [5.74, 6) is 0. The van der Waals surface area contributed by atoms with E-state index in [0.29, 0.717) is 17.5 Å². The van der Waals surface area contributed by atoms with E-state index in [1.807, 2.05) is 69.3 Å². The summed E-state index contributed by atoms with van der Waals surface area (Å²) in [6.07, 6.45) is 3.69. The Morgan fingerprint density at radius 3 is 1.24 bits per heavy atom. The zero-order valence-corrected chi connectivity index (χ0v) is 25.4. The molecule has 42 heavy (non-hydrogen) atoms. The molecule has 0 spiro atoms. The van der Waals surface area contributed by atoms with Gasteiger partial charge in [-0.25, -0.2) is 0 Å². The Labute approximate surface area is 251 Å². The number of benzene rings is 3. The molecule has 0 fully saturated rings. The van der Waals surface area contributed by atoms with Crippen LogP contribution in [-0.4, -0.2) is 0 Å². The summed E-state index contributed by atoms with van der Waals surface area (Å²) in [5.41, 5.74) is 10.5. The predicted molar refractivity (Wildman–Crippen MR) is 166 cm³/mol. The fraction of sp³-hybridized carbons (Fsp3) is 0.361. The van der Waals surface area contributed by atoms with Gasteiger partial charge in [-0.15, -0.1) is 0 Å². The van der Waals surface area contributed by atoms with Crippen molar-refractivity contribution in [2.45, 2.75) is 83.6 Å². The van der Waals surface area contributed by atoms with Gasteiger partial charge < -0.3 is 5.73 Å². The van der Waals surface area contributed by atoms with Gasteiger partial charge >= 0.3 is 0 Å². The minimum absolute atomic E-state index is 0.0498. The number of rotatable bonds is 8. The smallest absolute Gasteiger partial charge is 0.0991 e. The lowest BCUT2D eigenvalue weighted by molar-refractivity contribution is 0.510. The lowest BCUT2D eigenvalue weighted by Crippen LogP contribution is -2.22. The van der Waals surface area contributed by atoms with E-state index in [4.69, 9.17) is 21.5 Å². The zero-order chi connectivity index (χ0) is 31.6. The molecule has 1 atom stereocenters. The molecule has 0 saturated carbocycles. The van der Waals surface area contributed by atoms with Gasteiger partial charge in [-0.1, -0.05) is 76.2 Å². The highest BCUT2D eigenvalue weighted by molar-refractivity contribution is 5.38. The maximum absolute atomic E-state index is 9.33. The molecule has 214 valence electrons. The molecule has 3 aromatic rings. The summed E-state index contributed by atoms with van der Waals surface area (Å²) in [6, 6.07) is 33.5. The van der Waals surface area contributed by atoms with Crippen molar-refractivity contribution < 1.29 is 0 Å². The molecule has 0 bridgehead atoms. The van der Waals surface area contributed by atoms with Crippen molar-refractivity contribution in [3.8, 4) is 30.3 Å². The van der Waals surface area contributed by atoms with Gasteiger partial charge in [0, 0.05) is 6.04 Å². The number of nitrogens with two attached hydrogens (primary N) is 1. The van der Waals surface area contributed by atoms with E-state index in [9.17, 15) is 10.5 Å². The normalized spacial score (nSPS) is 10.9. The van der Waals surface area contributed by atoms with Crippen LogP contribution in [-0.2, 0) is 17.3 Å². The van der Waals surface area contributed by atoms with Crippen LogP contribution >= 0.6 is 0 Å². The van der Waals surface area contributed by atoms with Crippen molar-refractivity contribution in [2.24, 2.45) is 5.73 Å². The van der Waals surface area contributed by atoms with Crippen molar-refractivity contribution in [3.63, 3.8) is 0 Å². The van der Waals surface area contributed by atoms with Crippen molar-refractivity contribution in [2.75, 3.05) is 0 Å². The Morgan fingerprint density at radius 1 is 0.595 bits per heavy atom. The molecule has 2 N–H and O–H groups in total. The predicted octanol–water partition coefficient (Wildman–Crippen LogP) is 8.05. The number of nitrogens with zero attached hydrogens (tertiary/aromatic N) is 5. The standard InChI is InChI=1S/C14H20N2.C13H14N2.C9H6N2/c1-4-14(5-2,10-15)13-8-6-12(7-9-13)11(3)16;1-3-13(4-2,10-15)12-7-5-11(9-14)6-8-12;10-6-5-8-1-3-9(7-11)4-2-8/h6-9,11H,4-5,16H2,1-3H3;5-8H,3-4H2,1-2H3;1-4H,5H2. The maximum Gasteiger partial charge on any atom is 0.0991 e. The van der Waals surface area contributed by atoms with Crippen LogP contribution in [0.15, 0.2) is 72.8 Å². The van der Waals surface area contributed by atoms with Crippen LogP contribution in [0.2, 0.25) is 0 Å². The summed E-state index contributed by atoms with van der Waals surface area (Å²) in [4.78, 5) is 0. The van der Waals surface area contributed by atoms with Crippen molar-refractivity contribution in [1.82, 2.24) is 0 Å². The monoisotopic (exact) mass is 556 g/mol. The van der Waals surface area contributed by atoms with E-state index >= 15 is 0 Å². The fourth-order valence-corrected chi connectivity index (χ4v) is 4.52. The maximum atomic E-state index is 9.33. The molecule has 0 aliphatic heterocycles. The molecule has 0 saturated heterocycles. The summed E-state index contributed by atoms with van der Waals surface area (Å²) >= 11 is 0. The average Bonchev–Trinajstić information content (AvgIpc) is 3.05. The SMILES string of the molecule is CCC(C#N)(CC)c1ccc(C#N)cc1.CCC(C#N)(CC)c1ccc(C(C)N)cc1.N#CCc1ccc(C#N)cc1. The first-order chi connectivity index (χ1) is 20.2. The number of hydrogen-bond donors (Lipinski definition) is 1. The van der Waals surface area contributed by atoms with Crippen LogP contribution in [0, 0.1) is 56.7 Å². The van der Waals surface area contributed by atoms with Crippen LogP contribution in [0.25, 0.3) is 0 Å². The number of hydrogen-bond acceptors (Lipinski definition) is 6. The molecule has 0 radical (unpaired) electrons. The lowest BCUT2D eigenvalue weighted by Gasteiger charge is -2.24. The van der Waals surface area contributed by atoms with Gasteiger partial charge in [-0.05, 0) is 79.1 Å². The molecule has 6 heteroatoms. The van der Waals surface area contributed by atoms with Gasteiger partial charge in [-0.3, -0.25) is 0 Å². The van der Waals surface area contributed by atoms with E-state index in [0.717, 1.165) is 47.9 Å². The average molecular weight is 557 g/mol. The third kappa shape index (κ3) is 9.33. The Kier molecular flexibility index (Phi) is 14.8. The molecule has 3 aromatic carbocycles. The Bertz CT molecular complexity index is 1440. The molecule has 3 rings (SSSR count). The minimum Gasteiger partial charge on any atom is -0.324 e. The molecule has 1 unspecified atom stereocenters. The summed E-state index contributed by atoms with van der Waals surface area (Å²) in [5, 5.41) is 44.0. The molecule has 0 amide bonds. The zero-order valence-electron chi connectivity index (χ0n) is 25.4. The third-order valence-corrected chi connectivity index (χ3v) is 7.76. The van der Waals surface area contributed by atoms with Crippen molar-refractivity contribution in [3.05, 3.63) is 106 Å². The van der Waals surface area contributed by atoms with E-state index in [1.54, 1.807) is 36.4 Å². The van der Waals surface area contributed by atoms with Crippen LogP contribution in [0.3, 0.4) is 0 Å². The first kappa shape index (κ1) is 35.1. The number of nitriles is 5.